The van der Waals surface area contributed by atoms with Crippen molar-refractivity contribution >= 4 is 11.8 Å². The predicted molar refractivity (Wildman–Crippen MR) is 103 cm³/mol. The van der Waals surface area contributed by atoms with Gasteiger partial charge in [0.05, 0.1) is 0 Å². The van der Waals surface area contributed by atoms with Crippen molar-refractivity contribution in [3.05, 3.63) is 29.8 Å². The number of carbonyl (C=O) groups is 2. The van der Waals surface area contributed by atoms with Crippen molar-refractivity contribution in [2.75, 3.05) is 19.7 Å². The molecule has 1 saturated heterocycles. The van der Waals surface area contributed by atoms with Crippen molar-refractivity contribution < 1.29 is 14.3 Å². The van der Waals surface area contributed by atoms with E-state index >= 15 is 0 Å². The van der Waals surface area contributed by atoms with Crippen LogP contribution in [0, 0.1) is 5.92 Å². The van der Waals surface area contributed by atoms with Gasteiger partial charge in [-0.3, -0.25) is 9.59 Å². The van der Waals surface area contributed by atoms with Gasteiger partial charge >= 0.3 is 0 Å². The number of hydrogen-bond acceptors (Lipinski definition) is 3. The molecule has 5 nitrogen and oxygen atoms in total. The number of likely N-dealkylation sites (tertiary alicyclic amines) is 1. The van der Waals surface area contributed by atoms with Gasteiger partial charge in [0.25, 0.3) is 5.91 Å². The van der Waals surface area contributed by atoms with Crippen LogP contribution in [0.5, 0.6) is 5.75 Å². The first kappa shape index (κ1) is 20.3. The van der Waals surface area contributed by atoms with Crippen molar-refractivity contribution in [3.63, 3.8) is 0 Å². The van der Waals surface area contributed by atoms with Gasteiger partial charge in [0, 0.05) is 25.6 Å². The lowest BCUT2D eigenvalue weighted by atomic mass is 10.0. The molecule has 0 bridgehead atoms. The lowest BCUT2D eigenvalue weighted by molar-refractivity contribution is -0.134. The van der Waals surface area contributed by atoms with Gasteiger partial charge in [-0.1, -0.05) is 39.3 Å². The number of piperidine rings is 1. The number of hydrogen-bond donors (Lipinski definition) is 1. The Kier molecular flexibility index (Phi) is 7.95. The van der Waals surface area contributed by atoms with Crippen LogP contribution in [0.1, 0.15) is 52.0 Å². The molecule has 2 amide bonds. The van der Waals surface area contributed by atoms with Gasteiger partial charge in [-0.25, -0.2) is 0 Å². The van der Waals surface area contributed by atoms with Gasteiger partial charge in [0.15, 0.2) is 6.61 Å². The van der Waals surface area contributed by atoms with Gasteiger partial charge in [-0.05, 0) is 42.9 Å². The number of carbonyl (C=O) groups excluding carboxylic acids is 2. The molecule has 0 radical (unpaired) electrons. The predicted octanol–water partition coefficient (Wildman–Crippen LogP) is 3.17. The molecular formula is C21H32N2O3. The summed E-state index contributed by atoms with van der Waals surface area (Å²) in [5.74, 6) is 1.22. The summed E-state index contributed by atoms with van der Waals surface area (Å²) >= 11 is 0. The summed E-state index contributed by atoms with van der Waals surface area (Å²) in [6, 6.07) is 8.13. The molecule has 1 N–H and O–H groups in total. The first-order valence-electron chi connectivity index (χ1n) is 9.76. The molecule has 144 valence electrons. The second-order valence-corrected chi connectivity index (χ2v) is 7.50. The highest BCUT2D eigenvalue weighted by atomic mass is 16.5. The topological polar surface area (TPSA) is 58.6 Å². The third-order valence-corrected chi connectivity index (χ3v) is 4.63. The van der Waals surface area contributed by atoms with Crippen molar-refractivity contribution in [2.45, 2.75) is 58.9 Å². The SMILES string of the molecule is CCCc1ccc(OCC(=O)N2CCC(NC(=O)CC(C)C)CC2)cc1. The van der Waals surface area contributed by atoms with Crippen molar-refractivity contribution in [1.29, 1.82) is 0 Å². The van der Waals surface area contributed by atoms with Gasteiger partial charge < -0.3 is 15.0 Å². The zero-order valence-corrected chi connectivity index (χ0v) is 16.3. The van der Waals surface area contributed by atoms with Crippen LogP contribution in [-0.4, -0.2) is 42.5 Å². The minimum Gasteiger partial charge on any atom is -0.484 e. The highest BCUT2D eigenvalue weighted by Crippen LogP contribution is 2.15. The van der Waals surface area contributed by atoms with Crippen molar-refractivity contribution in [2.24, 2.45) is 5.92 Å². The Balaban J connectivity index is 1.70. The fourth-order valence-electron chi connectivity index (χ4n) is 3.21. The molecule has 0 spiro atoms. The van der Waals surface area contributed by atoms with Crippen LogP contribution >= 0.6 is 0 Å². The normalized spacial score (nSPS) is 15.2. The number of amides is 2. The Bertz CT molecular complexity index is 575. The van der Waals surface area contributed by atoms with E-state index in [1.165, 1.54) is 5.56 Å². The van der Waals surface area contributed by atoms with Gasteiger partial charge in [-0.2, -0.15) is 0 Å². The van der Waals surface area contributed by atoms with Crippen LogP contribution in [0.2, 0.25) is 0 Å². The molecule has 1 fully saturated rings. The average Bonchev–Trinajstić information content (AvgIpc) is 2.61. The van der Waals surface area contributed by atoms with Crippen LogP contribution in [-0.2, 0) is 16.0 Å². The molecule has 0 aromatic heterocycles. The molecule has 1 aliphatic heterocycles. The van der Waals surface area contributed by atoms with Crippen molar-refractivity contribution in [3.8, 4) is 5.75 Å². The number of ether oxygens (including phenoxy) is 1. The molecule has 0 atom stereocenters. The second-order valence-electron chi connectivity index (χ2n) is 7.50. The highest BCUT2D eigenvalue weighted by Gasteiger charge is 2.24. The number of rotatable bonds is 8. The Morgan fingerprint density at radius 3 is 2.42 bits per heavy atom. The highest BCUT2D eigenvalue weighted by molar-refractivity contribution is 5.78. The first-order valence-corrected chi connectivity index (χ1v) is 9.76. The largest absolute Gasteiger partial charge is 0.484 e. The summed E-state index contributed by atoms with van der Waals surface area (Å²) < 4.78 is 5.63. The Morgan fingerprint density at radius 2 is 1.85 bits per heavy atom. The number of benzene rings is 1. The summed E-state index contributed by atoms with van der Waals surface area (Å²) in [6.45, 7) is 7.64. The minimum atomic E-state index is 0.00888. The van der Waals surface area contributed by atoms with E-state index in [-0.39, 0.29) is 24.5 Å². The molecule has 1 aromatic carbocycles. The number of aryl methyl sites for hydroxylation is 1. The van der Waals surface area contributed by atoms with Gasteiger partial charge in [-0.15, -0.1) is 0 Å². The van der Waals surface area contributed by atoms with E-state index in [9.17, 15) is 9.59 Å². The third-order valence-electron chi connectivity index (χ3n) is 4.63. The number of nitrogens with one attached hydrogen (secondary N) is 1. The zero-order valence-electron chi connectivity index (χ0n) is 16.3. The van der Waals surface area contributed by atoms with Crippen LogP contribution < -0.4 is 10.1 Å². The fraction of sp³-hybridized carbons (Fsp3) is 0.619. The molecule has 1 aliphatic rings. The molecular weight excluding hydrogens is 328 g/mol. The summed E-state index contributed by atoms with van der Waals surface area (Å²) in [4.78, 5) is 26.0. The first-order chi connectivity index (χ1) is 12.5. The van der Waals surface area contributed by atoms with E-state index in [4.69, 9.17) is 4.74 Å². The Hall–Kier alpha value is -2.04. The second kappa shape index (κ2) is 10.2. The quantitative estimate of drug-likeness (QED) is 0.775. The lowest BCUT2D eigenvalue weighted by Crippen LogP contribution is -2.47. The summed E-state index contributed by atoms with van der Waals surface area (Å²) in [5, 5.41) is 3.07. The smallest absolute Gasteiger partial charge is 0.260 e. The number of nitrogens with zero attached hydrogens (tertiary/aromatic N) is 1. The zero-order chi connectivity index (χ0) is 18.9. The van der Waals surface area contributed by atoms with Crippen LogP contribution in [0.3, 0.4) is 0 Å². The molecule has 0 saturated carbocycles. The molecule has 5 heteroatoms. The lowest BCUT2D eigenvalue weighted by Gasteiger charge is -2.32. The molecule has 0 unspecified atom stereocenters. The van der Waals surface area contributed by atoms with Gasteiger partial charge in [0.2, 0.25) is 5.91 Å². The van der Waals surface area contributed by atoms with E-state index in [1.807, 2.05) is 30.9 Å². The van der Waals surface area contributed by atoms with E-state index in [1.54, 1.807) is 0 Å². The maximum Gasteiger partial charge on any atom is 0.260 e. The summed E-state index contributed by atoms with van der Waals surface area (Å²) in [5.41, 5.74) is 1.28. The Labute approximate surface area is 157 Å². The maximum atomic E-state index is 12.3. The molecule has 26 heavy (non-hydrogen) atoms. The Morgan fingerprint density at radius 1 is 1.19 bits per heavy atom. The van der Waals surface area contributed by atoms with Gasteiger partial charge in [0.1, 0.15) is 5.75 Å². The average molecular weight is 360 g/mol. The van der Waals surface area contributed by atoms with Crippen LogP contribution in [0.15, 0.2) is 24.3 Å². The van der Waals surface area contributed by atoms with E-state index in [0.29, 0.717) is 25.4 Å². The fourth-order valence-corrected chi connectivity index (χ4v) is 3.21. The maximum absolute atomic E-state index is 12.3. The van der Waals surface area contributed by atoms with E-state index in [0.717, 1.165) is 31.4 Å². The summed E-state index contributed by atoms with van der Waals surface area (Å²) in [6.07, 6.45) is 4.35. The third kappa shape index (κ3) is 6.70. The monoisotopic (exact) mass is 360 g/mol. The molecule has 2 rings (SSSR count). The summed E-state index contributed by atoms with van der Waals surface area (Å²) in [7, 11) is 0. The van der Waals surface area contributed by atoms with Crippen LogP contribution in [0.4, 0.5) is 0 Å². The van der Waals surface area contributed by atoms with Crippen LogP contribution in [0.25, 0.3) is 0 Å². The van der Waals surface area contributed by atoms with Crippen molar-refractivity contribution in [1.82, 2.24) is 10.2 Å². The van der Waals surface area contributed by atoms with E-state index in [2.05, 4.69) is 24.4 Å². The standard InChI is InChI=1S/C21H32N2O3/c1-4-5-17-6-8-19(9-7-17)26-15-21(25)23-12-10-18(11-13-23)22-20(24)14-16(2)3/h6-9,16,18H,4-5,10-15H2,1-3H3,(H,22,24). The molecule has 1 aromatic rings. The minimum absolute atomic E-state index is 0.00888. The molecule has 1 heterocycles. The molecule has 0 aliphatic carbocycles. The van der Waals surface area contributed by atoms with E-state index < -0.39 is 0 Å².